The van der Waals surface area contributed by atoms with Crippen LogP contribution in [-0.2, 0) is 22.6 Å². The summed E-state index contributed by atoms with van der Waals surface area (Å²) in [5, 5.41) is 7.53. The second-order valence-electron chi connectivity index (χ2n) is 9.30. The fourth-order valence-corrected chi connectivity index (χ4v) is 4.68. The lowest BCUT2D eigenvalue weighted by Crippen LogP contribution is -2.44. The Hall–Kier alpha value is -3.68. The normalized spacial score (nSPS) is 17.3. The van der Waals surface area contributed by atoms with Gasteiger partial charge in [-0.1, -0.05) is 24.3 Å². The average Bonchev–Trinajstić information content (AvgIpc) is 3.45. The number of halogens is 1. The number of benzene rings is 2. The Kier molecular flexibility index (Phi) is 7.19. The number of para-hydroxylation sites is 1. The summed E-state index contributed by atoms with van der Waals surface area (Å²) in [4.78, 5) is 26.7. The van der Waals surface area contributed by atoms with Gasteiger partial charge >= 0.3 is 0 Å². The van der Waals surface area contributed by atoms with Crippen molar-refractivity contribution < 1.29 is 18.7 Å². The number of hydrogen-bond donors (Lipinski definition) is 1. The Morgan fingerprint density at radius 2 is 2.06 bits per heavy atom. The highest BCUT2D eigenvalue weighted by atomic mass is 19.1. The van der Waals surface area contributed by atoms with E-state index < -0.39 is 11.4 Å². The first kappa shape index (κ1) is 24.4. The van der Waals surface area contributed by atoms with Crippen molar-refractivity contribution in [2.75, 3.05) is 14.2 Å². The van der Waals surface area contributed by atoms with Crippen molar-refractivity contribution in [3.8, 4) is 11.4 Å². The van der Waals surface area contributed by atoms with E-state index in [9.17, 15) is 14.0 Å². The average molecular weight is 479 g/mol. The van der Waals surface area contributed by atoms with Gasteiger partial charge in [-0.05, 0) is 55.5 Å². The number of carbonyl (C=O) groups excluding carboxylic acids is 2. The van der Waals surface area contributed by atoms with Crippen LogP contribution >= 0.6 is 0 Å². The standard InChI is InChI=1S/C27H31FN4O3/c1-19-6-4-5-7-23(19)32-18-21(16-29-32)17-31(2)26(34)11-13-27(12-10-25(33)30-27)15-20-8-9-22(28)24(14-20)35-3/h4-9,14,16,18H,10-13,15,17H2,1-3H3,(H,30,33). The SMILES string of the molecule is COc1cc(CC2(CCC(=O)N(C)Cc3cnn(-c4ccccc4C)c3)CCC(=O)N2)ccc1F. The van der Waals surface area contributed by atoms with Crippen molar-refractivity contribution in [2.24, 2.45) is 0 Å². The van der Waals surface area contributed by atoms with Crippen LogP contribution in [0.25, 0.3) is 5.69 Å². The quantitative estimate of drug-likeness (QED) is 0.505. The third kappa shape index (κ3) is 5.70. The molecule has 1 fully saturated rings. The van der Waals surface area contributed by atoms with E-state index in [1.165, 1.54) is 13.2 Å². The van der Waals surface area contributed by atoms with Gasteiger partial charge in [0.05, 0.1) is 19.0 Å². The van der Waals surface area contributed by atoms with E-state index in [2.05, 4.69) is 10.4 Å². The van der Waals surface area contributed by atoms with Gasteiger partial charge in [0.2, 0.25) is 11.8 Å². The van der Waals surface area contributed by atoms with Gasteiger partial charge in [0, 0.05) is 43.7 Å². The number of hydrogen-bond acceptors (Lipinski definition) is 4. The highest BCUT2D eigenvalue weighted by Crippen LogP contribution is 2.31. The zero-order chi connectivity index (χ0) is 25.0. The number of aryl methyl sites for hydroxylation is 1. The summed E-state index contributed by atoms with van der Waals surface area (Å²) in [7, 11) is 3.20. The topological polar surface area (TPSA) is 76.5 Å². The van der Waals surface area contributed by atoms with Crippen LogP contribution in [0.4, 0.5) is 4.39 Å². The molecule has 1 aliphatic heterocycles. The van der Waals surface area contributed by atoms with Gasteiger partial charge in [0.1, 0.15) is 0 Å². The Bertz CT molecular complexity index is 1220. The minimum atomic E-state index is -0.536. The maximum Gasteiger partial charge on any atom is 0.222 e. The summed E-state index contributed by atoms with van der Waals surface area (Å²) in [6, 6.07) is 12.7. The van der Waals surface area contributed by atoms with Crippen molar-refractivity contribution in [1.29, 1.82) is 0 Å². The minimum absolute atomic E-state index is 0.00847. The Morgan fingerprint density at radius 3 is 2.77 bits per heavy atom. The molecule has 1 aliphatic rings. The second-order valence-corrected chi connectivity index (χ2v) is 9.30. The molecule has 2 amide bonds. The molecule has 1 unspecified atom stereocenters. The largest absolute Gasteiger partial charge is 0.494 e. The van der Waals surface area contributed by atoms with E-state index in [4.69, 9.17) is 4.74 Å². The Balaban J connectivity index is 1.39. The lowest BCUT2D eigenvalue weighted by Gasteiger charge is -2.30. The summed E-state index contributed by atoms with van der Waals surface area (Å²) in [6.07, 6.45) is 6.07. The molecule has 2 aromatic carbocycles. The number of ether oxygens (including phenoxy) is 1. The number of methoxy groups -OCH3 is 1. The summed E-state index contributed by atoms with van der Waals surface area (Å²) in [6.45, 7) is 2.48. The van der Waals surface area contributed by atoms with Crippen LogP contribution in [0.2, 0.25) is 0 Å². The van der Waals surface area contributed by atoms with Crippen molar-refractivity contribution in [1.82, 2.24) is 20.0 Å². The predicted molar refractivity (Wildman–Crippen MR) is 131 cm³/mol. The van der Waals surface area contributed by atoms with Gasteiger partial charge in [-0.15, -0.1) is 0 Å². The molecule has 0 radical (unpaired) electrons. The number of nitrogens with one attached hydrogen (secondary N) is 1. The molecule has 0 spiro atoms. The van der Waals surface area contributed by atoms with Crippen molar-refractivity contribution in [3.05, 3.63) is 77.4 Å². The summed E-state index contributed by atoms with van der Waals surface area (Å²) >= 11 is 0. The molecule has 1 atom stereocenters. The van der Waals surface area contributed by atoms with Gasteiger partial charge < -0.3 is 15.0 Å². The first-order valence-electron chi connectivity index (χ1n) is 11.8. The molecule has 1 saturated heterocycles. The van der Waals surface area contributed by atoms with E-state index in [0.717, 1.165) is 22.4 Å². The van der Waals surface area contributed by atoms with Gasteiger partial charge in [-0.25, -0.2) is 9.07 Å². The van der Waals surface area contributed by atoms with Crippen LogP contribution in [-0.4, -0.2) is 46.2 Å². The van der Waals surface area contributed by atoms with Crippen LogP contribution in [0.15, 0.2) is 54.9 Å². The number of aromatic nitrogens is 2. The van der Waals surface area contributed by atoms with Crippen LogP contribution < -0.4 is 10.1 Å². The van der Waals surface area contributed by atoms with Gasteiger partial charge in [0.15, 0.2) is 11.6 Å². The first-order chi connectivity index (χ1) is 16.8. The van der Waals surface area contributed by atoms with E-state index >= 15 is 0 Å². The number of carbonyl (C=O) groups is 2. The molecule has 0 saturated carbocycles. The third-order valence-corrected chi connectivity index (χ3v) is 6.65. The summed E-state index contributed by atoms with van der Waals surface area (Å²) in [5.74, 6) is -0.290. The first-order valence-corrected chi connectivity index (χ1v) is 11.8. The van der Waals surface area contributed by atoms with Crippen LogP contribution in [0.5, 0.6) is 5.75 Å². The Morgan fingerprint density at radius 1 is 1.26 bits per heavy atom. The molecule has 8 heteroatoms. The fraction of sp³-hybridized carbons (Fsp3) is 0.370. The van der Waals surface area contributed by atoms with Gasteiger partial charge in [-0.2, -0.15) is 5.10 Å². The molecular formula is C27H31FN4O3. The van der Waals surface area contributed by atoms with Gasteiger partial charge in [0.25, 0.3) is 0 Å². The molecule has 0 bridgehead atoms. The van der Waals surface area contributed by atoms with Crippen molar-refractivity contribution >= 4 is 11.8 Å². The lowest BCUT2D eigenvalue weighted by atomic mass is 9.84. The van der Waals surface area contributed by atoms with Crippen LogP contribution in [0.1, 0.15) is 42.4 Å². The highest BCUT2D eigenvalue weighted by molar-refractivity contribution is 5.80. The minimum Gasteiger partial charge on any atom is -0.494 e. The summed E-state index contributed by atoms with van der Waals surface area (Å²) in [5.41, 5.74) is 3.38. The molecule has 0 aliphatic carbocycles. The van der Waals surface area contributed by atoms with E-state index in [0.29, 0.717) is 38.6 Å². The molecule has 4 rings (SSSR count). The van der Waals surface area contributed by atoms with E-state index in [-0.39, 0.29) is 17.6 Å². The molecule has 2 heterocycles. The lowest BCUT2D eigenvalue weighted by molar-refractivity contribution is -0.131. The number of amides is 2. The van der Waals surface area contributed by atoms with E-state index in [1.807, 2.05) is 42.1 Å². The van der Waals surface area contributed by atoms with Crippen LogP contribution in [0, 0.1) is 12.7 Å². The second kappa shape index (κ2) is 10.3. The zero-order valence-electron chi connectivity index (χ0n) is 20.4. The molecule has 35 heavy (non-hydrogen) atoms. The Labute approximate surface area is 204 Å². The monoisotopic (exact) mass is 478 g/mol. The van der Waals surface area contributed by atoms with Crippen molar-refractivity contribution in [2.45, 2.75) is 51.1 Å². The summed E-state index contributed by atoms with van der Waals surface area (Å²) < 4.78 is 20.7. The third-order valence-electron chi connectivity index (χ3n) is 6.65. The fourth-order valence-electron chi connectivity index (χ4n) is 4.68. The van der Waals surface area contributed by atoms with Gasteiger partial charge in [-0.3, -0.25) is 9.59 Å². The molecular weight excluding hydrogens is 447 g/mol. The maximum atomic E-state index is 13.8. The predicted octanol–water partition coefficient (Wildman–Crippen LogP) is 3.96. The zero-order valence-corrected chi connectivity index (χ0v) is 20.4. The van der Waals surface area contributed by atoms with Crippen molar-refractivity contribution in [3.63, 3.8) is 0 Å². The van der Waals surface area contributed by atoms with E-state index in [1.54, 1.807) is 30.3 Å². The molecule has 3 aromatic rings. The molecule has 7 nitrogen and oxygen atoms in total. The highest BCUT2D eigenvalue weighted by Gasteiger charge is 2.38. The molecule has 184 valence electrons. The molecule has 1 N–H and O–H groups in total. The number of rotatable bonds is 9. The van der Waals surface area contributed by atoms with Crippen LogP contribution in [0.3, 0.4) is 0 Å². The number of nitrogens with zero attached hydrogens (tertiary/aromatic N) is 3. The molecule has 1 aromatic heterocycles. The smallest absolute Gasteiger partial charge is 0.222 e. The maximum absolute atomic E-state index is 13.8.